The molecular weight excluding hydrogens is 184 g/mol. The number of benzene rings is 1. The van der Waals surface area contributed by atoms with E-state index in [9.17, 15) is 4.79 Å². The predicted molar refractivity (Wildman–Crippen MR) is 50.7 cm³/mol. The Morgan fingerprint density at radius 1 is 1.43 bits per heavy atom. The van der Waals surface area contributed by atoms with Gasteiger partial charge >= 0.3 is 5.97 Å². The molecule has 76 valence electrons. The molecule has 0 aliphatic rings. The van der Waals surface area contributed by atoms with Crippen LogP contribution in [0, 0.1) is 0 Å². The minimum atomic E-state index is -0.868. The van der Waals surface area contributed by atoms with E-state index >= 15 is 0 Å². The fraction of sp³-hybridized carbons (Fsp3) is 0.300. The summed E-state index contributed by atoms with van der Waals surface area (Å²) < 4.78 is 10.2. The van der Waals surface area contributed by atoms with E-state index in [1.165, 1.54) is 0 Å². The van der Waals surface area contributed by atoms with E-state index in [1.54, 1.807) is 31.4 Å². The van der Waals surface area contributed by atoms with Gasteiger partial charge in [-0.25, -0.2) is 0 Å². The molecule has 1 aromatic carbocycles. The molecule has 0 fully saturated rings. The van der Waals surface area contributed by atoms with Gasteiger partial charge in [-0.15, -0.1) is 0 Å². The fourth-order valence-electron chi connectivity index (χ4n) is 0.947. The standard InChI is InChI=1S/C10H12O4/c1-13-8-3-2-4-9(7-8)14-6-5-10(11)12/h2-4,7H,5-6H2,1H3,(H,11,12). The Hall–Kier alpha value is -1.71. The van der Waals surface area contributed by atoms with Gasteiger partial charge in [-0.2, -0.15) is 0 Å². The van der Waals surface area contributed by atoms with Crippen LogP contribution in [-0.4, -0.2) is 24.8 Å². The van der Waals surface area contributed by atoms with Gasteiger partial charge < -0.3 is 14.6 Å². The molecule has 0 saturated heterocycles. The van der Waals surface area contributed by atoms with E-state index in [0.717, 1.165) is 0 Å². The van der Waals surface area contributed by atoms with Gasteiger partial charge in [0.25, 0.3) is 0 Å². The van der Waals surface area contributed by atoms with Crippen LogP contribution in [0.2, 0.25) is 0 Å². The van der Waals surface area contributed by atoms with E-state index in [0.29, 0.717) is 11.5 Å². The lowest BCUT2D eigenvalue weighted by Gasteiger charge is -2.05. The van der Waals surface area contributed by atoms with Crippen LogP contribution in [0.3, 0.4) is 0 Å². The van der Waals surface area contributed by atoms with E-state index in [1.807, 2.05) is 0 Å². The highest BCUT2D eigenvalue weighted by molar-refractivity contribution is 5.66. The number of methoxy groups -OCH3 is 1. The first-order chi connectivity index (χ1) is 6.72. The van der Waals surface area contributed by atoms with Gasteiger partial charge in [0.05, 0.1) is 20.1 Å². The Bertz CT molecular complexity index is 309. The largest absolute Gasteiger partial charge is 0.497 e. The number of hydrogen-bond acceptors (Lipinski definition) is 3. The van der Waals surface area contributed by atoms with Crippen molar-refractivity contribution in [2.75, 3.05) is 13.7 Å². The van der Waals surface area contributed by atoms with Crippen molar-refractivity contribution in [3.8, 4) is 11.5 Å². The number of carboxylic acids is 1. The second-order valence-electron chi connectivity index (χ2n) is 2.67. The van der Waals surface area contributed by atoms with Gasteiger partial charge in [0.1, 0.15) is 11.5 Å². The van der Waals surface area contributed by atoms with Crippen LogP contribution in [0.5, 0.6) is 11.5 Å². The molecule has 1 rings (SSSR count). The summed E-state index contributed by atoms with van der Waals surface area (Å²) in [5.74, 6) is 0.441. The van der Waals surface area contributed by atoms with E-state index < -0.39 is 5.97 Å². The maximum Gasteiger partial charge on any atom is 0.306 e. The van der Waals surface area contributed by atoms with Crippen molar-refractivity contribution < 1.29 is 19.4 Å². The fourth-order valence-corrected chi connectivity index (χ4v) is 0.947. The lowest BCUT2D eigenvalue weighted by atomic mass is 10.3. The molecule has 0 bridgehead atoms. The number of carboxylic acid groups (broad SMARTS) is 1. The van der Waals surface area contributed by atoms with Crippen LogP contribution in [0.25, 0.3) is 0 Å². The number of rotatable bonds is 5. The quantitative estimate of drug-likeness (QED) is 0.776. The Morgan fingerprint density at radius 3 is 2.79 bits per heavy atom. The molecule has 0 unspecified atom stereocenters. The molecule has 0 aliphatic carbocycles. The van der Waals surface area contributed by atoms with Gasteiger partial charge in [-0.05, 0) is 12.1 Å². The minimum Gasteiger partial charge on any atom is -0.497 e. The molecule has 0 atom stereocenters. The smallest absolute Gasteiger partial charge is 0.306 e. The lowest BCUT2D eigenvalue weighted by Crippen LogP contribution is -2.04. The molecule has 4 heteroatoms. The number of hydrogen-bond donors (Lipinski definition) is 1. The average molecular weight is 196 g/mol. The highest BCUT2D eigenvalue weighted by atomic mass is 16.5. The molecule has 1 N–H and O–H groups in total. The second-order valence-corrected chi connectivity index (χ2v) is 2.67. The minimum absolute atomic E-state index is 0.00277. The van der Waals surface area contributed by atoms with Gasteiger partial charge in [-0.3, -0.25) is 4.79 Å². The highest BCUT2D eigenvalue weighted by Gasteiger charge is 1.99. The SMILES string of the molecule is COc1cccc(OCCC(=O)O)c1. The molecule has 0 heterocycles. The van der Waals surface area contributed by atoms with Crippen molar-refractivity contribution >= 4 is 5.97 Å². The highest BCUT2D eigenvalue weighted by Crippen LogP contribution is 2.18. The van der Waals surface area contributed by atoms with Crippen LogP contribution in [0.4, 0.5) is 0 Å². The monoisotopic (exact) mass is 196 g/mol. The van der Waals surface area contributed by atoms with Crippen molar-refractivity contribution in [3.63, 3.8) is 0 Å². The summed E-state index contributed by atoms with van der Waals surface area (Å²) >= 11 is 0. The molecule has 4 nitrogen and oxygen atoms in total. The van der Waals surface area contributed by atoms with E-state index in [2.05, 4.69) is 0 Å². The van der Waals surface area contributed by atoms with Crippen LogP contribution < -0.4 is 9.47 Å². The third kappa shape index (κ3) is 3.35. The summed E-state index contributed by atoms with van der Waals surface area (Å²) in [4.78, 5) is 10.2. The molecule has 0 spiro atoms. The zero-order chi connectivity index (χ0) is 10.4. The Kier molecular flexibility index (Phi) is 3.79. The maximum atomic E-state index is 10.2. The third-order valence-corrected chi connectivity index (χ3v) is 1.63. The molecule has 1 aromatic rings. The van der Waals surface area contributed by atoms with Gasteiger partial charge in [-0.1, -0.05) is 6.07 Å². The average Bonchev–Trinajstić information content (AvgIpc) is 2.18. The van der Waals surface area contributed by atoms with Gasteiger partial charge in [0.2, 0.25) is 0 Å². The molecular formula is C10H12O4. The van der Waals surface area contributed by atoms with Crippen LogP contribution >= 0.6 is 0 Å². The third-order valence-electron chi connectivity index (χ3n) is 1.63. The summed E-state index contributed by atoms with van der Waals surface area (Å²) in [5.41, 5.74) is 0. The van der Waals surface area contributed by atoms with Crippen molar-refractivity contribution in [2.24, 2.45) is 0 Å². The number of carbonyl (C=O) groups is 1. The first kappa shape index (κ1) is 10.4. The molecule has 0 aliphatic heterocycles. The van der Waals surface area contributed by atoms with Crippen LogP contribution in [0.15, 0.2) is 24.3 Å². The van der Waals surface area contributed by atoms with E-state index in [4.69, 9.17) is 14.6 Å². The Morgan fingerprint density at radius 2 is 2.14 bits per heavy atom. The zero-order valence-electron chi connectivity index (χ0n) is 7.90. The van der Waals surface area contributed by atoms with Crippen molar-refractivity contribution in [1.82, 2.24) is 0 Å². The number of ether oxygens (including phenoxy) is 2. The Balaban J connectivity index is 2.46. The molecule has 0 amide bonds. The van der Waals surface area contributed by atoms with Crippen molar-refractivity contribution in [1.29, 1.82) is 0 Å². The molecule has 0 aromatic heterocycles. The van der Waals surface area contributed by atoms with Gasteiger partial charge in [0, 0.05) is 6.07 Å². The summed E-state index contributed by atoms with van der Waals surface area (Å²) in [6, 6.07) is 7.05. The first-order valence-corrected chi connectivity index (χ1v) is 4.21. The zero-order valence-corrected chi connectivity index (χ0v) is 7.90. The predicted octanol–water partition coefficient (Wildman–Crippen LogP) is 1.55. The Labute approximate surface area is 82.1 Å². The summed E-state index contributed by atoms with van der Waals surface area (Å²) in [6.45, 7) is 0.169. The maximum absolute atomic E-state index is 10.2. The molecule has 0 radical (unpaired) electrons. The second kappa shape index (κ2) is 5.11. The molecule has 14 heavy (non-hydrogen) atoms. The summed E-state index contributed by atoms with van der Waals surface area (Å²) in [5, 5.41) is 8.39. The summed E-state index contributed by atoms with van der Waals surface area (Å²) in [7, 11) is 1.57. The van der Waals surface area contributed by atoms with Crippen LogP contribution in [0.1, 0.15) is 6.42 Å². The van der Waals surface area contributed by atoms with Crippen molar-refractivity contribution in [2.45, 2.75) is 6.42 Å². The van der Waals surface area contributed by atoms with Crippen LogP contribution in [-0.2, 0) is 4.79 Å². The first-order valence-electron chi connectivity index (χ1n) is 4.21. The van der Waals surface area contributed by atoms with Crippen molar-refractivity contribution in [3.05, 3.63) is 24.3 Å². The van der Waals surface area contributed by atoms with Gasteiger partial charge in [0.15, 0.2) is 0 Å². The summed E-state index contributed by atoms with van der Waals surface area (Å²) in [6.07, 6.45) is -0.00277. The topological polar surface area (TPSA) is 55.8 Å². The molecule has 0 saturated carbocycles. The van der Waals surface area contributed by atoms with E-state index in [-0.39, 0.29) is 13.0 Å². The lowest BCUT2D eigenvalue weighted by molar-refractivity contribution is -0.137. The number of aliphatic carboxylic acids is 1. The normalized spacial score (nSPS) is 9.50.